The standard InChI is InChI=1S/C14H8Cl2S/c15-12-6-5-9(7-13(12)16)14-11-4-2-1-3-10(11)8-17-14/h1-8H. The van der Waals surface area contributed by atoms with Crippen LogP contribution >= 0.6 is 34.5 Å². The Labute approximate surface area is 113 Å². The number of halogens is 2. The van der Waals surface area contributed by atoms with Crippen LogP contribution < -0.4 is 0 Å². The van der Waals surface area contributed by atoms with Gasteiger partial charge in [0.25, 0.3) is 0 Å². The Balaban J connectivity index is 2.24. The van der Waals surface area contributed by atoms with Crippen molar-refractivity contribution in [2.75, 3.05) is 0 Å². The van der Waals surface area contributed by atoms with E-state index in [-0.39, 0.29) is 0 Å². The molecule has 2 aromatic carbocycles. The highest BCUT2D eigenvalue weighted by Gasteiger charge is 2.07. The first-order valence-corrected chi connectivity index (χ1v) is 6.81. The first-order chi connectivity index (χ1) is 8.25. The number of thiophene rings is 1. The summed E-state index contributed by atoms with van der Waals surface area (Å²) in [4.78, 5) is 1.24. The minimum atomic E-state index is 0.594. The lowest BCUT2D eigenvalue weighted by Gasteiger charge is -2.01. The van der Waals surface area contributed by atoms with Crippen molar-refractivity contribution in [1.29, 1.82) is 0 Å². The van der Waals surface area contributed by atoms with Crippen LogP contribution in [0, 0.1) is 0 Å². The van der Waals surface area contributed by atoms with Crippen molar-refractivity contribution in [3.63, 3.8) is 0 Å². The molecule has 0 saturated carbocycles. The van der Waals surface area contributed by atoms with Gasteiger partial charge >= 0.3 is 0 Å². The molecule has 0 saturated heterocycles. The zero-order valence-electron chi connectivity index (χ0n) is 8.78. The fourth-order valence-corrected chi connectivity index (χ4v) is 3.18. The SMILES string of the molecule is Clc1ccc(-c2scc3ccccc23)cc1Cl. The predicted octanol–water partition coefficient (Wildman–Crippen LogP) is 5.88. The lowest BCUT2D eigenvalue weighted by Crippen LogP contribution is -1.75. The third kappa shape index (κ3) is 1.95. The number of hydrogen-bond donors (Lipinski definition) is 0. The van der Waals surface area contributed by atoms with Gasteiger partial charge in [0.05, 0.1) is 10.0 Å². The molecule has 0 amide bonds. The minimum absolute atomic E-state index is 0.594. The molecule has 0 aliphatic carbocycles. The first kappa shape index (κ1) is 11.1. The third-order valence-corrected chi connectivity index (χ3v) is 4.49. The molecule has 84 valence electrons. The Morgan fingerprint density at radius 3 is 2.53 bits per heavy atom. The van der Waals surface area contributed by atoms with Crippen molar-refractivity contribution < 1.29 is 0 Å². The second kappa shape index (κ2) is 4.34. The van der Waals surface area contributed by atoms with Gasteiger partial charge in [0.1, 0.15) is 0 Å². The smallest absolute Gasteiger partial charge is 0.0598 e. The highest BCUT2D eigenvalue weighted by molar-refractivity contribution is 7.15. The summed E-state index contributed by atoms with van der Waals surface area (Å²) < 4.78 is 0. The summed E-state index contributed by atoms with van der Waals surface area (Å²) in [6.45, 7) is 0. The maximum Gasteiger partial charge on any atom is 0.0598 e. The maximum atomic E-state index is 6.05. The van der Waals surface area contributed by atoms with E-state index in [1.165, 1.54) is 15.6 Å². The maximum absolute atomic E-state index is 6.05. The van der Waals surface area contributed by atoms with Gasteiger partial charge in [0, 0.05) is 10.3 Å². The molecule has 0 unspecified atom stereocenters. The molecule has 3 aromatic rings. The summed E-state index contributed by atoms with van der Waals surface area (Å²) >= 11 is 13.7. The predicted molar refractivity (Wildman–Crippen MR) is 77.3 cm³/mol. The Kier molecular flexibility index (Phi) is 2.83. The van der Waals surface area contributed by atoms with Crippen LogP contribution in [0.1, 0.15) is 0 Å². The van der Waals surface area contributed by atoms with Crippen molar-refractivity contribution in [2.24, 2.45) is 0 Å². The second-order valence-electron chi connectivity index (χ2n) is 3.78. The monoisotopic (exact) mass is 278 g/mol. The number of hydrogen-bond acceptors (Lipinski definition) is 1. The Bertz CT molecular complexity index is 686. The van der Waals surface area contributed by atoms with Crippen molar-refractivity contribution in [1.82, 2.24) is 0 Å². The van der Waals surface area contributed by atoms with Crippen LogP contribution in [0.5, 0.6) is 0 Å². The van der Waals surface area contributed by atoms with Crippen LogP contribution in [0.3, 0.4) is 0 Å². The van der Waals surface area contributed by atoms with Crippen LogP contribution in [0.15, 0.2) is 47.8 Å². The number of rotatable bonds is 1. The van der Waals surface area contributed by atoms with Gasteiger partial charge in [-0.25, -0.2) is 0 Å². The van der Waals surface area contributed by atoms with Gasteiger partial charge in [0.2, 0.25) is 0 Å². The summed E-state index contributed by atoms with van der Waals surface area (Å²) in [5.41, 5.74) is 1.12. The summed E-state index contributed by atoms with van der Waals surface area (Å²) in [6.07, 6.45) is 0. The lowest BCUT2D eigenvalue weighted by atomic mass is 10.1. The average Bonchev–Trinajstić information content (AvgIpc) is 2.76. The Hall–Kier alpha value is -1.02. The van der Waals surface area contributed by atoms with E-state index in [4.69, 9.17) is 23.2 Å². The van der Waals surface area contributed by atoms with E-state index in [9.17, 15) is 0 Å². The van der Waals surface area contributed by atoms with Crippen LogP contribution in [0.4, 0.5) is 0 Å². The van der Waals surface area contributed by atoms with Gasteiger partial charge in [-0.3, -0.25) is 0 Å². The van der Waals surface area contributed by atoms with Gasteiger partial charge in [-0.1, -0.05) is 53.5 Å². The molecule has 17 heavy (non-hydrogen) atoms. The van der Waals surface area contributed by atoms with Gasteiger partial charge in [-0.15, -0.1) is 11.3 Å². The fourth-order valence-electron chi connectivity index (χ4n) is 1.85. The largest absolute Gasteiger partial charge is 0.143 e. The molecule has 0 aliphatic rings. The van der Waals surface area contributed by atoms with Crippen LogP contribution in [-0.2, 0) is 0 Å². The van der Waals surface area contributed by atoms with Crippen LogP contribution in [-0.4, -0.2) is 0 Å². The topological polar surface area (TPSA) is 0 Å². The van der Waals surface area contributed by atoms with Gasteiger partial charge in [-0.2, -0.15) is 0 Å². The molecule has 3 rings (SSSR count). The molecule has 0 spiro atoms. The fraction of sp³-hybridized carbons (Fsp3) is 0. The highest BCUT2D eigenvalue weighted by Crippen LogP contribution is 2.37. The molecule has 0 atom stereocenters. The molecular weight excluding hydrogens is 271 g/mol. The molecular formula is C14H8Cl2S. The summed E-state index contributed by atoms with van der Waals surface area (Å²) in [7, 11) is 0. The van der Waals surface area contributed by atoms with E-state index in [1.807, 2.05) is 24.3 Å². The van der Waals surface area contributed by atoms with Crippen molar-refractivity contribution in [3.05, 3.63) is 57.9 Å². The summed E-state index contributed by atoms with van der Waals surface area (Å²) in [5, 5.41) is 5.88. The molecule has 1 heterocycles. The Morgan fingerprint density at radius 1 is 0.882 bits per heavy atom. The molecule has 0 radical (unpaired) electrons. The van der Waals surface area contributed by atoms with E-state index in [0.29, 0.717) is 10.0 Å². The van der Waals surface area contributed by atoms with Crippen molar-refractivity contribution >= 4 is 45.3 Å². The normalized spacial score (nSPS) is 10.9. The van der Waals surface area contributed by atoms with Gasteiger partial charge in [-0.05, 0) is 28.5 Å². The lowest BCUT2D eigenvalue weighted by molar-refractivity contribution is 1.70. The van der Waals surface area contributed by atoms with Gasteiger partial charge < -0.3 is 0 Å². The van der Waals surface area contributed by atoms with Crippen LogP contribution in [0.2, 0.25) is 10.0 Å². The number of benzene rings is 2. The second-order valence-corrected chi connectivity index (χ2v) is 5.48. The average molecular weight is 279 g/mol. The molecule has 0 fully saturated rings. The van der Waals surface area contributed by atoms with Crippen molar-refractivity contribution in [3.8, 4) is 10.4 Å². The number of fused-ring (bicyclic) bond motifs is 1. The van der Waals surface area contributed by atoms with E-state index < -0.39 is 0 Å². The molecule has 0 aliphatic heterocycles. The van der Waals surface area contributed by atoms with Crippen LogP contribution in [0.25, 0.3) is 21.2 Å². The third-order valence-electron chi connectivity index (χ3n) is 2.69. The molecule has 1 aromatic heterocycles. The van der Waals surface area contributed by atoms with E-state index in [0.717, 1.165) is 5.56 Å². The van der Waals surface area contributed by atoms with E-state index >= 15 is 0 Å². The van der Waals surface area contributed by atoms with Crippen molar-refractivity contribution in [2.45, 2.75) is 0 Å². The zero-order valence-corrected chi connectivity index (χ0v) is 11.1. The molecule has 0 bridgehead atoms. The Morgan fingerprint density at radius 2 is 1.71 bits per heavy atom. The molecule has 0 nitrogen and oxygen atoms in total. The highest BCUT2D eigenvalue weighted by atomic mass is 35.5. The quantitative estimate of drug-likeness (QED) is 0.522. The summed E-state index contributed by atoms with van der Waals surface area (Å²) in [6, 6.07) is 14.1. The van der Waals surface area contributed by atoms with E-state index in [2.05, 4.69) is 23.6 Å². The molecule has 3 heteroatoms. The van der Waals surface area contributed by atoms with Gasteiger partial charge in [0.15, 0.2) is 0 Å². The molecule has 0 N–H and O–H groups in total. The minimum Gasteiger partial charge on any atom is -0.143 e. The summed E-state index contributed by atoms with van der Waals surface area (Å²) in [5.74, 6) is 0. The zero-order chi connectivity index (χ0) is 11.8. The first-order valence-electron chi connectivity index (χ1n) is 5.17. The van der Waals surface area contributed by atoms with E-state index in [1.54, 1.807) is 11.3 Å².